The summed E-state index contributed by atoms with van der Waals surface area (Å²) < 4.78 is 13.6. The van der Waals surface area contributed by atoms with Crippen molar-refractivity contribution in [3.05, 3.63) is 59.9 Å². The first-order valence-corrected chi connectivity index (χ1v) is 7.51. The number of hydrogen-bond acceptors (Lipinski definition) is 2. The van der Waals surface area contributed by atoms with Gasteiger partial charge in [-0.05, 0) is 42.7 Å². The van der Waals surface area contributed by atoms with E-state index in [0.717, 1.165) is 6.42 Å². The lowest BCUT2D eigenvalue weighted by molar-refractivity contribution is -0.117. The molecule has 2 amide bonds. The van der Waals surface area contributed by atoms with E-state index in [0.29, 0.717) is 17.2 Å². The van der Waals surface area contributed by atoms with Crippen LogP contribution in [-0.4, -0.2) is 11.8 Å². The van der Waals surface area contributed by atoms with Crippen LogP contribution in [0.25, 0.3) is 0 Å². The van der Waals surface area contributed by atoms with Crippen LogP contribution >= 0.6 is 0 Å². The zero-order valence-electron chi connectivity index (χ0n) is 12.7. The van der Waals surface area contributed by atoms with Crippen molar-refractivity contribution in [2.45, 2.75) is 13.3 Å². The molecular weight excluding hydrogens is 295 g/mol. The van der Waals surface area contributed by atoms with Crippen LogP contribution in [0.3, 0.4) is 0 Å². The van der Waals surface area contributed by atoms with Gasteiger partial charge in [0.25, 0.3) is 5.91 Å². The highest BCUT2D eigenvalue weighted by Gasteiger charge is 2.39. The first-order chi connectivity index (χ1) is 11.0. The van der Waals surface area contributed by atoms with Crippen molar-refractivity contribution in [3.63, 3.8) is 0 Å². The predicted molar refractivity (Wildman–Crippen MR) is 86.7 cm³/mol. The SMILES string of the molecule is C[C@@H]1C[C@H]1C(=O)Nc1cccc(C(=O)Nc2ccccc2F)c1. The predicted octanol–water partition coefficient (Wildman–Crippen LogP) is 3.67. The third-order valence-corrected chi connectivity index (χ3v) is 3.96. The molecule has 1 aliphatic rings. The normalized spacial score (nSPS) is 19.0. The van der Waals surface area contributed by atoms with Gasteiger partial charge in [-0.2, -0.15) is 0 Å². The van der Waals surface area contributed by atoms with E-state index in [9.17, 15) is 14.0 Å². The molecule has 0 aliphatic heterocycles. The van der Waals surface area contributed by atoms with E-state index >= 15 is 0 Å². The van der Waals surface area contributed by atoms with Crippen LogP contribution in [0.4, 0.5) is 15.8 Å². The number of hydrogen-bond donors (Lipinski definition) is 2. The Morgan fingerprint density at radius 1 is 1.09 bits per heavy atom. The summed E-state index contributed by atoms with van der Waals surface area (Å²) in [4.78, 5) is 24.2. The molecule has 2 aromatic carbocycles. The van der Waals surface area contributed by atoms with Crippen LogP contribution in [0.5, 0.6) is 0 Å². The molecule has 23 heavy (non-hydrogen) atoms. The monoisotopic (exact) mass is 312 g/mol. The molecule has 118 valence electrons. The topological polar surface area (TPSA) is 58.2 Å². The lowest BCUT2D eigenvalue weighted by Gasteiger charge is -2.09. The van der Waals surface area contributed by atoms with Gasteiger partial charge < -0.3 is 10.6 Å². The second-order valence-corrected chi connectivity index (χ2v) is 5.82. The van der Waals surface area contributed by atoms with Gasteiger partial charge >= 0.3 is 0 Å². The van der Waals surface area contributed by atoms with Gasteiger partial charge in [0, 0.05) is 17.2 Å². The molecule has 2 N–H and O–H groups in total. The molecule has 0 heterocycles. The maximum Gasteiger partial charge on any atom is 0.255 e. The van der Waals surface area contributed by atoms with Crippen LogP contribution in [0.2, 0.25) is 0 Å². The van der Waals surface area contributed by atoms with Crippen molar-refractivity contribution < 1.29 is 14.0 Å². The molecule has 1 aliphatic carbocycles. The summed E-state index contributed by atoms with van der Waals surface area (Å²) in [6.45, 7) is 2.03. The Morgan fingerprint density at radius 3 is 2.52 bits per heavy atom. The standard InChI is InChI=1S/C18H17FN2O2/c1-11-9-14(11)18(23)20-13-6-4-5-12(10-13)17(22)21-16-8-3-2-7-15(16)19/h2-8,10-11,14H,9H2,1H3,(H,20,23)(H,21,22)/t11-,14-/m1/s1. The maximum absolute atomic E-state index is 13.6. The lowest BCUT2D eigenvalue weighted by atomic mass is 10.1. The van der Waals surface area contributed by atoms with Crippen LogP contribution < -0.4 is 10.6 Å². The molecule has 3 rings (SSSR count). The number of nitrogens with one attached hydrogen (secondary N) is 2. The van der Waals surface area contributed by atoms with Crippen LogP contribution in [-0.2, 0) is 4.79 Å². The van der Waals surface area contributed by atoms with Gasteiger partial charge in [-0.15, -0.1) is 0 Å². The minimum absolute atomic E-state index is 0.0239. The molecular formula is C18H17FN2O2. The molecule has 0 saturated heterocycles. The summed E-state index contributed by atoms with van der Waals surface area (Å²) in [5.74, 6) is -0.461. The van der Waals surface area contributed by atoms with Crippen molar-refractivity contribution in [1.82, 2.24) is 0 Å². The van der Waals surface area contributed by atoms with Gasteiger partial charge in [0.1, 0.15) is 5.82 Å². The number of halogens is 1. The molecule has 2 atom stereocenters. The minimum Gasteiger partial charge on any atom is -0.326 e. The van der Waals surface area contributed by atoms with E-state index < -0.39 is 11.7 Å². The number of carbonyl (C=O) groups is 2. The molecule has 1 fully saturated rings. The Balaban J connectivity index is 1.70. The van der Waals surface area contributed by atoms with E-state index in [4.69, 9.17) is 0 Å². The first-order valence-electron chi connectivity index (χ1n) is 7.51. The number of rotatable bonds is 4. The highest BCUT2D eigenvalue weighted by Crippen LogP contribution is 2.38. The molecule has 0 radical (unpaired) electrons. The third-order valence-electron chi connectivity index (χ3n) is 3.96. The van der Waals surface area contributed by atoms with E-state index in [-0.39, 0.29) is 17.5 Å². The van der Waals surface area contributed by atoms with Gasteiger partial charge in [-0.3, -0.25) is 9.59 Å². The molecule has 0 aromatic heterocycles. The molecule has 0 bridgehead atoms. The zero-order chi connectivity index (χ0) is 16.4. The fourth-order valence-corrected chi connectivity index (χ4v) is 2.42. The summed E-state index contributed by atoms with van der Waals surface area (Å²) in [5, 5.41) is 5.33. The summed E-state index contributed by atoms with van der Waals surface area (Å²) in [7, 11) is 0. The highest BCUT2D eigenvalue weighted by atomic mass is 19.1. The quantitative estimate of drug-likeness (QED) is 0.905. The average molecular weight is 312 g/mol. The van der Waals surface area contributed by atoms with Gasteiger partial charge in [-0.25, -0.2) is 4.39 Å². The fourth-order valence-electron chi connectivity index (χ4n) is 2.42. The van der Waals surface area contributed by atoms with Gasteiger partial charge in [0.05, 0.1) is 5.69 Å². The number of amides is 2. The van der Waals surface area contributed by atoms with E-state index in [1.54, 1.807) is 36.4 Å². The number of para-hydroxylation sites is 1. The Hall–Kier alpha value is -2.69. The summed E-state index contributed by atoms with van der Waals surface area (Å²) in [5.41, 5.74) is 1.05. The Bertz CT molecular complexity index is 760. The van der Waals surface area contributed by atoms with E-state index in [1.807, 2.05) is 6.92 Å². The smallest absolute Gasteiger partial charge is 0.255 e. The van der Waals surface area contributed by atoms with Crippen LogP contribution in [0, 0.1) is 17.7 Å². The van der Waals surface area contributed by atoms with E-state index in [2.05, 4.69) is 10.6 Å². The zero-order valence-corrected chi connectivity index (χ0v) is 12.7. The van der Waals surface area contributed by atoms with Crippen LogP contribution in [0.15, 0.2) is 48.5 Å². The van der Waals surface area contributed by atoms with Crippen molar-refractivity contribution in [3.8, 4) is 0 Å². The number of benzene rings is 2. The van der Waals surface area contributed by atoms with Crippen molar-refractivity contribution >= 4 is 23.2 Å². The van der Waals surface area contributed by atoms with Crippen molar-refractivity contribution in [2.75, 3.05) is 10.6 Å². The Morgan fingerprint density at radius 2 is 1.83 bits per heavy atom. The molecule has 2 aromatic rings. The average Bonchev–Trinajstić information content (AvgIpc) is 3.27. The summed E-state index contributed by atoms with van der Waals surface area (Å²) in [6.07, 6.45) is 0.902. The highest BCUT2D eigenvalue weighted by molar-refractivity contribution is 6.05. The van der Waals surface area contributed by atoms with Crippen LogP contribution in [0.1, 0.15) is 23.7 Å². The molecule has 5 heteroatoms. The second-order valence-electron chi connectivity index (χ2n) is 5.82. The molecule has 0 spiro atoms. The third kappa shape index (κ3) is 3.56. The van der Waals surface area contributed by atoms with Crippen molar-refractivity contribution in [2.24, 2.45) is 11.8 Å². The largest absolute Gasteiger partial charge is 0.326 e. The van der Waals surface area contributed by atoms with Gasteiger partial charge in [0.15, 0.2) is 0 Å². The Labute approximate surface area is 133 Å². The fraction of sp³-hybridized carbons (Fsp3) is 0.222. The lowest BCUT2D eigenvalue weighted by Crippen LogP contribution is -2.16. The Kier molecular flexibility index (Phi) is 4.10. The summed E-state index contributed by atoms with van der Waals surface area (Å²) in [6, 6.07) is 12.6. The number of anilines is 2. The minimum atomic E-state index is -0.493. The summed E-state index contributed by atoms with van der Waals surface area (Å²) >= 11 is 0. The molecule has 1 saturated carbocycles. The second kappa shape index (κ2) is 6.20. The van der Waals surface area contributed by atoms with Crippen molar-refractivity contribution in [1.29, 1.82) is 0 Å². The first kappa shape index (κ1) is 15.2. The van der Waals surface area contributed by atoms with Gasteiger partial charge in [0.2, 0.25) is 5.91 Å². The molecule has 0 unspecified atom stereocenters. The van der Waals surface area contributed by atoms with E-state index in [1.165, 1.54) is 12.1 Å². The number of carbonyl (C=O) groups excluding carboxylic acids is 2. The maximum atomic E-state index is 13.6. The molecule has 4 nitrogen and oxygen atoms in total. The van der Waals surface area contributed by atoms with Gasteiger partial charge in [-0.1, -0.05) is 25.1 Å².